The molecule has 0 saturated heterocycles. The van der Waals surface area contributed by atoms with Crippen LogP contribution in [0.2, 0.25) is 0 Å². The van der Waals surface area contributed by atoms with Gasteiger partial charge in [-0.05, 0) is 13.8 Å². The highest BCUT2D eigenvalue weighted by Gasteiger charge is 2.21. The summed E-state index contributed by atoms with van der Waals surface area (Å²) < 4.78 is 28.0. The zero-order valence-electron chi connectivity index (χ0n) is 10.0. The van der Waals surface area contributed by atoms with Crippen molar-refractivity contribution in [1.29, 1.82) is 0 Å². The van der Waals surface area contributed by atoms with Crippen LogP contribution >= 0.6 is 11.3 Å². The highest BCUT2D eigenvalue weighted by molar-refractivity contribution is 7.94. The van der Waals surface area contributed by atoms with Crippen LogP contribution in [-0.4, -0.2) is 23.2 Å². The number of nitrogens with zero attached hydrogens (tertiary/aromatic N) is 2. The van der Waals surface area contributed by atoms with Gasteiger partial charge in [0.15, 0.2) is 4.21 Å². The van der Waals surface area contributed by atoms with Crippen molar-refractivity contribution < 1.29 is 8.42 Å². The zero-order chi connectivity index (χ0) is 13.5. The minimum atomic E-state index is -3.76. The summed E-state index contributed by atoms with van der Waals surface area (Å²) in [5.74, 6) is 0.354. The van der Waals surface area contributed by atoms with Gasteiger partial charge in [-0.1, -0.05) is 11.3 Å². The summed E-state index contributed by atoms with van der Waals surface area (Å²) in [6, 6.07) is 1.61. The average molecular weight is 288 g/mol. The van der Waals surface area contributed by atoms with Crippen LogP contribution in [0, 0.1) is 13.8 Å². The second-order valence-corrected chi connectivity index (χ2v) is 6.69. The standard InChI is InChI=1S/C9H12N4O3S2/c1-5-4-7(13(3)11-5)12-18(15,16)8-6(2)10-9(14)17-8/h4,12H,1-3H3,(H,10,14). The van der Waals surface area contributed by atoms with Crippen molar-refractivity contribution in [3.63, 3.8) is 0 Å². The molecule has 0 atom stereocenters. The van der Waals surface area contributed by atoms with Gasteiger partial charge in [0, 0.05) is 18.8 Å². The van der Waals surface area contributed by atoms with E-state index in [1.54, 1.807) is 27.0 Å². The maximum Gasteiger partial charge on any atom is 0.306 e. The van der Waals surface area contributed by atoms with Crippen LogP contribution < -0.4 is 9.60 Å². The molecular weight excluding hydrogens is 276 g/mol. The minimum Gasteiger partial charge on any atom is -0.315 e. The summed E-state index contributed by atoms with van der Waals surface area (Å²) in [7, 11) is -2.12. The van der Waals surface area contributed by atoms with E-state index in [0.717, 1.165) is 0 Å². The van der Waals surface area contributed by atoms with Crippen molar-refractivity contribution in [2.24, 2.45) is 7.05 Å². The van der Waals surface area contributed by atoms with Gasteiger partial charge >= 0.3 is 4.87 Å². The summed E-state index contributed by atoms with van der Waals surface area (Å²) in [6.07, 6.45) is 0. The number of H-pyrrole nitrogens is 1. The van der Waals surface area contributed by atoms with Crippen LogP contribution in [0.3, 0.4) is 0 Å². The normalized spacial score (nSPS) is 11.7. The Hall–Kier alpha value is -1.61. The van der Waals surface area contributed by atoms with Crippen LogP contribution in [0.15, 0.2) is 15.1 Å². The first-order valence-corrected chi connectivity index (χ1v) is 7.33. The molecule has 0 aromatic carbocycles. The third-order valence-corrected chi connectivity index (χ3v) is 5.23. The van der Waals surface area contributed by atoms with Crippen molar-refractivity contribution in [3.05, 3.63) is 27.1 Å². The van der Waals surface area contributed by atoms with E-state index in [-0.39, 0.29) is 4.21 Å². The van der Waals surface area contributed by atoms with Crippen LogP contribution in [0.1, 0.15) is 11.4 Å². The molecule has 0 bridgehead atoms. The maximum atomic E-state index is 12.1. The molecule has 9 heteroatoms. The largest absolute Gasteiger partial charge is 0.315 e. The first-order chi connectivity index (χ1) is 8.29. The Balaban J connectivity index is 2.42. The summed E-state index contributed by atoms with van der Waals surface area (Å²) in [5, 5.41) is 4.04. The van der Waals surface area contributed by atoms with Crippen molar-refractivity contribution in [2.45, 2.75) is 18.1 Å². The predicted molar refractivity (Wildman–Crippen MR) is 68.4 cm³/mol. The van der Waals surface area contributed by atoms with Crippen molar-refractivity contribution in [3.8, 4) is 0 Å². The summed E-state index contributed by atoms with van der Waals surface area (Å²) in [4.78, 5) is 13.2. The smallest absolute Gasteiger partial charge is 0.306 e. The van der Waals surface area contributed by atoms with E-state index in [0.29, 0.717) is 28.5 Å². The number of rotatable bonds is 3. The Morgan fingerprint density at radius 3 is 2.56 bits per heavy atom. The van der Waals surface area contributed by atoms with Gasteiger partial charge in [-0.2, -0.15) is 5.10 Å². The van der Waals surface area contributed by atoms with Gasteiger partial charge in [0.25, 0.3) is 10.0 Å². The average Bonchev–Trinajstić information content (AvgIpc) is 2.70. The van der Waals surface area contributed by atoms with E-state index in [9.17, 15) is 13.2 Å². The number of hydrogen-bond acceptors (Lipinski definition) is 5. The highest BCUT2D eigenvalue weighted by atomic mass is 32.2. The molecule has 98 valence electrons. The number of aromatic nitrogens is 3. The summed E-state index contributed by atoms with van der Waals surface area (Å²) in [6.45, 7) is 3.30. The Kier molecular flexibility index (Phi) is 3.03. The van der Waals surface area contributed by atoms with E-state index in [4.69, 9.17) is 0 Å². The highest BCUT2D eigenvalue weighted by Crippen LogP contribution is 2.20. The molecule has 0 unspecified atom stereocenters. The number of sulfonamides is 1. The fourth-order valence-corrected chi connectivity index (χ4v) is 3.92. The molecule has 0 radical (unpaired) electrons. The predicted octanol–water partition coefficient (Wildman–Crippen LogP) is 0.588. The van der Waals surface area contributed by atoms with Crippen molar-refractivity contribution in [1.82, 2.24) is 14.8 Å². The quantitative estimate of drug-likeness (QED) is 0.863. The molecule has 0 fully saturated rings. The zero-order valence-corrected chi connectivity index (χ0v) is 11.6. The van der Waals surface area contributed by atoms with Crippen LogP contribution in [-0.2, 0) is 17.1 Å². The van der Waals surface area contributed by atoms with Crippen LogP contribution in [0.25, 0.3) is 0 Å². The monoisotopic (exact) mass is 288 g/mol. The Labute approximate surface area is 108 Å². The fraction of sp³-hybridized carbons (Fsp3) is 0.333. The first kappa shape index (κ1) is 12.8. The van der Waals surface area contributed by atoms with Gasteiger partial charge in [0.2, 0.25) is 0 Å². The van der Waals surface area contributed by atoms with E-state index < -0.39 is 14.9 Å². The van der Waals surface area contributed by atoms with Gasteiger partial charge < -0.3 is 4.98 Å². The second kappa shape index (κ2) is 4.25. The van der Waals surface area contributed by atoms with Gasteiger partial charge in [-0.15, -0.1) is 0 Å². The van der Waals surface area contributed by atoms with Crippen LogP contribution in [0.5, 0.6) is 0 Å². The first-order valence-electron chi connectivity index (χ1n) is 5.03. The lowest BCUT2D eigenvalue weighted by atomic mass is 10.5. The molecule has 2 heterocycles. The Morgan fingerprint density at radius 1 is 1.44 bits per heavy atom. The van der Waals surface area contributed by atoms with E-state index in [1.165, 1.54) is 4.68 Å². The minimum absolute atomic E-state index is 0.00801. The lowest BCUT2D eigenvalue weighted by molar-refractivity contribution is 0.601. The molecule has 18 heavy (non-hydrogen) atoms. The molecule has 2 aromatic heterocycles. The van der Waals surface area contributed by atoms with E-state index >= 15 is 0 Å². The number of aryl methyl sites for hydroxylation is 3. The van der Waals surface area contributed by atoms with E-state index in [1.807, 2.05) is 0 Å². The van der Waals surface area contributed by atoms with Crippen LogP contribution in [0.4, 0.5) is 5.82 Å². The number of thiazole rings is 1. The van der Waals surface area contributed by atoms with Crippen molar-refractivity contribution >= 4 is 27.2 Å². The third kappa shape index (κ3) is 2.31. The molecule has 2 rings (SSSR count). The molecule has 2 N–H and O–H groups in total. The molecule has 0 aliphatic carbocycles. The van der Waals surface area contributed by atoms with Gasteiger partial charge in [0.1, 0.15) is 5.82 Å². The lowest BCUT2D eigenvalue weighted by Gasteiger charge is -2.06. The Morgan fingerprint density at radius 2 is 2.11 bits per heavy atom. The second-order valence-electron chi connectivity index (χ2n) is 3.83. The molecule has 0 spiro atoms. The number of aromatic amines is 1. The molecule has 0 aliphatic rings. The number of hydrogen-bond donors (Lipinski definition) is 2. The maximum absolute atomic E-state index is 12.1. The fourth-order valence-electron chi connectivity index (χ4n) is 1.54. The number of anilines is 1. The van der Waals surface area contributed by atoms with Crippen molar-refractivity contribution in [2.75, 3.05) is 4.72 Å². The van der Waals surface area contributed by atoms with Gasteiger partial charge in [-0.3, -0.25) is 14.2 Å². The molecule has 0 saturated carbocycles. The Bertz CT molecular complexity index is 738. The third-order valence-electron chi connectivity index (χ3n) is 2.27. The molecule has 7 nitrogen and oxygen atoms in total. The molecule has 0 aliphatic heterocycles. The van der Waals surface area contributed by atoms with Gasteiger partial charge in [0.05, 0.1) is 5.69 Å². The molecular formula is C9H12N4O3S2. The van der Waals surface area contributed by atoms with E-state index in [2.05, 4.69) is 14.8 Å². The number of nitrogens with one attached hydrogen (secondary N) is 2. The lowest BCUT2D eigenvalue weighted by Crippen LogP contribution is -2.15. The molecule has 0 amide bonds. The summed E-state index contributed by atoms with van der Waals surface area (Å²) in [5.41, 5.74) is 1.03. The molecule has 2 aromatic rings. The van der Waals surface area contributed by atoms with Gasteiger partial charge in [-0.25, -0.2) is 8.42 Å². The SMILES string of the molecule is Cc1cc(NS(=O)(=O)c2sc(=O)[nH]c2C)n(C)n1. The topological polar surface area (TPSA) is 96.9 Å². The summed E-state index contributed by atoms with van der Waals surface area (Å²) >= 11 is 0.662.